The third-order valence-electron chi connectivity index (χ3n) is 12.6. The molecule has 0 amide bonds. The van der Waals surface area contributed by atoms with Gasteiger partial charge in [-0.2, -0.15) is 0 Å². The smallest absolute Gasteiger partial charge is 0.141 e. The minimum absolute atomic E-state index is 0.242. The van der Waals surface area contributed by atoms with E-state index in [0.717, 1.165) is 41.8 Å². The van der Waals surface area contributed by atoms with Crippen LogP contribution < -0.4 is 4.90 Å². The third-order valence-corrected chi connectivity index (χ3v) is 12.6. The van der Waals surface area contributed by atoms with Gasteiger partial charge >= 0.3 is 0 Å². The average molecular weight is 725 g/mol. The van der Waals surface area contributed by atoms with E-state index in [1.165, 1.54) is 61.5 Å². The highest BCUT2D eigenvalue weighted by Gasteiger charge is 2.43. The molecular weight excluding hydrogens is 681 g/mol. The van der Waals surface area contributed by atoms with Crippen molar-refractivity contribution in [1.29, 1.82) is 0 Å². The topological polar surface area (TPSA) is 26.0 Å². The zero-order valence-corrected chi connectivity index (χ0v) is 31.9. The van der Waals surface area contributed by atoms with E-state index in [2.05, 4.69) is 198 Å². The zero-order valence-electron chi connectivity index (χ0n) is 31.9. The maximum absolute atomic E-state index is 5.23. The van der Waals surface area contributed by atoms with Crippen LogP contribution in [0.3, 0.4) is 0 Å². The van der Waals surface area contributed by atoms with E-state index in [9.17, 15) is 0 Å². The zero-order chi connectivity index (χ0) is 37.3. The molecule has 3 atom stereocenters. The molecule has 0 N–H and O–H groups in total. The molecule has 1 aliphatic heterocycles. The molecule has 0 fully saturated rings. The van der Waals surface area contributed by atoms with Gasteiger partial charge in [0.15, 0.2) is 0 Å². The predicted octanol–water partition coefficient (Wildman–Crippen LogP) is 12.8. The highest BCUT2D eigenvalue weighted by molar-refractivity contribution is 5.95. The van der Waals surface area contributed by atoms with Crippen LogP contribution in [0.1, 0.15) is 60.8 Å². The lowest BCUT2D eigenvalue weighted by Crippen LogP contribution is -2.39. The molecule has 3 aliphatic carbocycles. The number of nitrogens with zero attached hydrogens (tertiary/aromatic N) is 4. The molecule has 3 unspecified atom stereocenters. The maximum Gasteiger partial charge on any atom is 0.141 e. The molecule has 4 nitrogen and oxygen atoms in total. The number of imidazole rings is 1. The number of benzene rings is 5. The Morgan fingerprint density at radius 3 is 2.25 bits per heavy atom. The van der Waals surface area contributed by atoms with Gasteiger partial charge in [0.1, 0.15) is 5.82 Å². The van der Waals surface area contributed by atoms with Crippen molar-refractivity contribution in [1.82, 2.24) is 14.1 Å². The summed E-state index contributed by atoms with van der Waals surface area (Å²) >= 11 is 0. The number of allylic oxidation sites excluding steroid dienone is 7. The van der Waals surface area contributed by atoms with Crippen molar-refractivity contribution < 1.29 is 0 Å². The van der Waals surface area contributed by atoms with Crippen molar-refractivity contribution in [3.8, 4) is 5.69 Å². The molecule has 0 saturated heterocycles. The predicted molar refractivity (Wildman–Crippen MR) is 234 cm³/mol. The average Bonchev–Trinajstić information content (AvgIpc) is 3.92. The van der Waals surface area contributed by atoms with E-state index in [-0.39, 0.29) is 6.04 Å². The fourth-order valence-electron chi connectivity index (χ4n) is 9.92. The summed E-state index contributed by atoms with van der Waals surface area (Å²) in [6.45, 7) is 4.50. The van der Waals surface area contributed by atoms with Gasteiger partial charge in [-0.1, -0.05) is 123 Å². The summed E-state index contributed by atoms with van der Waals surface area (Å²) in [5.74, 6) is 2.22. The van der Waals surface area contributed by atoms with Gasteiger partial charge in [0.25, 0.3) is 0 Å². The molecule has 2 aromatic heterocycles. The number of rotatable bonds is 6. The number of hydrogen-bond donors (Lipinski definition) is 0. The van der Waals surface area contributed by atoms with Crippen molar-refractivity contribution in [3.63, 3.8) is 0 Å². The van der Waals surface area contributed by atoms with Crippen LogP contribution in [0, 0.1) is 11.8 Å². The van der Waals surface area contributed by atoms with E-state index in [1.807, 2.05) is 0 Å². The molecule has 7 aromatic rings. The fourth-order valence-corrected chi connectivity index (χ4v) is 9.92. The molecule has 56 heavy (non-hydrogen) atoms. The Bertz CT molecular complexity index is 2820. The Morgan fingerprint density at radius 1 is 0.661 bits per heavy atom. The van der Waals surface area contributed by atoms with Crippen LogP contribution in [0.4, 0.5) is 11.4 Å². The summed E-state index contributed by atoms with van der Waals surface area (Å²) in [4.78, 5) is 7.82. The first-order chi connectivity index (χ1) is 27.6. The summed E-state index contributed by atoms with van der Waals surface area (Å²) in [7, 11) is 0. The van der Waals surface area contributed by atoms with E-state index < -0.39 is 0 Å². The second-order valence-electron chi connectivity index (χ2n) is 16.1. The van der Waals surface area contributed by atoms with E-state index >= 15 is 0 Å². The summed E-state index contributed by atoms with van der Waals surface area (Å²) in [5.41, 5.74) is 16.7. The van der Waals surface area contributed by atoms with E-state index in [1.54, 1.807) is 0 Å². The van der Waals surface area contributed by atoms with Crippen LogP contribution in [-0.4, -0.2) is 20.2 Å². The van der Waals surface area contributed by atoms with Gasteiger partial charge < -0.3 is 9.47 Å². The first-order valence-electron chi connectivity index (χ1n) is 20.2. The SMILES string of the molecule is CC(C)c1ccc(-n2c(C3=CC=C(n4c5c(c6ccccc64)CC(C4C=CC=C6c7ccccc7N(c7ccccc7)C64)C=C5)CC3)nc3ccccc32)cc1. The van der Waals surface area contributed by atoms with Crippen molar-refractivity contribution >= 4 is 56.2 Å². The Labute approximate surface area is 328 Å². The summed E-state index contributed by atoms with van der Waals surface area (Å²) in [6, 6.07) is 46.7. The van der Waals surface area contributed by atoms with Gasteiger partial charge in [-0.15, -0.1) is 0 Å². The van der Waals surface area contributed by atoms with Crippen LogP contribution in [0.5, 0.6) is 0 Å². The molecule has 11 rings (SSSR count). The first-order valence-corrected chi connectivity index (χ1v) is 20.2. The maximum atomic E-state index is 5.23. The lowest BCUT2D eigenvalue weighted by Gasteiger charge is -2.38. The lowest BCUT2D eigenvalue weighted by molar-refractivity contribution is 0.437. The molecule has 5 aromatic carbocycles. The number of para-hydroxylation sites is 5. The van der Waals surface area contributed by atoms with Crippen LogP contribution in [0.2, 0.25) is 0 Å². The van der Waals surface area contributed by atoms with Crippen LogP contribution in [0.15, 0.2) is 164 Å². The summed E-state index contributed by atoms with van der Waals surface area (Å²) in [6.07, 6.45) is 19.6. The van der Waals surface area contributed by atoms with Gasteiger partial charge in [-0.05, 0) is 114 Å². The van der Waals surface area contributed by atoms with Gasteiger partial charge in [0.2, 0.25) is 0 Å². The van der Waals surface area contributed by atoms with Crippen molar-refractivity contribution in [2.24, 2.45) is 11.8 Å². The lowest BCUT2D eigenvalue weighted by atomic mass is 9.74. The van der Waals surface area contributed by atoms with Crippen LogP contribution in [0.25, 0.3) is 50.5 Å². The molecule has 3 heterocycles. The second-order valence-corrected chi connectivity index (χ2v) is 16.1. The molecule has 0 spiro atoms. The van der Waals surface area contributed by atoms with Crippen LogP contribution >= 0.6 is 0 Å². The Kier molecular flexibility index (Phi) is 7.73. The molecule has 4 heteroatoms. The van der Waals surface area contributed by atoms with Gasteiger partial charge in [-0.25, -0.2) is 4.98 Å². The minimum Gasteiger partial charge on any atom is -0.333 e. The number of fused-ring (bicyclic) bond motifs is 7. The quantitative estimate of drug-likeness (QED) is 0.171. The van der Waals surface area contributed by atoms with Crippen molar-refractivity contribution in [2.75, 3.05) is 4.90 Å². The third kappa shape index (κ3) is 5.16. The van der Waals surface area contributed by atoms with Gasteiger partial charge in [0.05, 0.1) is 22.6 Å². The van der Waals surface area contributed by atoms with Crippen molar-refractivity contribution in [2.45, 2.75) is 45.1 Å². The molecule has 0 saturated carbocycles. The molecule has 0 radical (unpaired) electrons. The van der Waals surface area contributed by atoms with Crippen LogP contribution in [-0.2, 0) is 6.42 Å². The molecular formula is C52H44N4. The summed E-state index contributed by atoms with van der Waals surface area (Å²) < 4.78 is 4.89. The largest absolute Gasteiger partial charge is 0.333 e. The molecule has 0 bridgehead atoms. The fraction of sp³-hybridized carbons (Fsp3) is 0.173. The molecule has 272 valence electrons. The Balaban J connectivity index is 0.960. The van der Waals surface area contributed by atoms with E-state index in [0.29, 0.717) is 17.8 Å². The first kappa shape index (κ1) is 33.0. The normalized spacial score (nSPS) is 19.9. The van der Waals surface area contributed by atoms with E-state index in [4.69, 9.17) is 4.98 Å². The Hall–Kier alpha value is -6.39. The van der Waals surface area contributed by atoms with Crippen molar-refractivity contribution in [3.05, 3.63) is 192 Å². The summed E-state index contributed by atoms with van der Waals surface area (Å²) in [5, 5.41) is 1.37. The van der Waals surface area contributed by atoms with Gasteiger partial charge in [0, 0.05) is 45.3 Å². The monoisotopic (exact) mass is 724 g/mol. The highest BCUT2D eigenvalue weighted by atomic mass is 15.2. The second kappa shape index (κ2) is 13.1. The number of hydrogen-bond acceptors (Lipinski definition) is 2. The highest BCUT2D eigenvalue weighted by Crippen LogP contribution is 2.52. The minimum atomic E-state index is 0.242. The number of anilines is 2. The standard InChI is InChI=1S/C52H44N4/c1-34(2)35-23-28-40(29-24-35)56-50-22-11-8-19-46(50)53-52(56)36-25-30-39(31-26-36)54-47-20-9-7-16-43(47)45-33-37(27-32-49(45)54)41-17-12-18-44-42-15-6-10-21-48(42)55(51(41)44)38-13-4-3-5-14-38/h3-25,27-30,32,34,37,41,51H,26,31,33H2,1-2H3. The molecule has 4 aliphatic rings. The Morgan fingerprint density at radius 2 is 1.43 bits per heavy atom. The van der Waals surface area contributed by atoms with Gasteiger partial charge in [-0.3, -0.25) is 4.57 Å². The number of aromatic nitrogens is 3.